The van der Waals surface area contributed by atoms with Gasteiger partial charge in [0.15, 0.2) is 0 Å². The fourth-order valence-electron chi connectivity index (χ4n) is 0.460. The second kappa shape index (κ2) is 2.23. The second-order valence-electron chi connectivity index (χ2n) is 1.43. The van der Waals surface area contributed by atoms with Crippen LogP contribution in [0.5, 0.6) is 0 Å². The Morgan fingerprint density at radius 1 is 1.56 bits per heavy atom. The molecule has 1 aromatic heterocycles. The molecule has 0 aromatic carbocycles. The first kappa shape index (κ1) is 5.70. The van der Waals surface area contributed by atoms with Gasteiger partial charge in [0, 0.05) is 6.07 Å². The molecular weight excluding hydrogens is 119 g/mol. The molecule has 0 radical (unpaired) electrons. The Morgan fingerprint density at radius 2 is 2.33 bits per heavy atom. The fraction of sp³-hybridized carbons (Fsp3) is 0. The molecule has 0 unspecified atom stereocenters. The molecule has 0 aliphatic carbocycles. The van der Waals surface area contributed by atoms with Crippen molar-refractivity contribution in [3.05, 3.63) is 35.6 Å². The highest BCUT2D eigenvalue weighted by Crippen LogP contribution is 2.05. The van der Waals surface area contributed by atoms with Crippen LogP contribution in [-0.4, -0.2) is 4.98 Å². The van der Waals surface area contributed by atoms with Crippen LogP contribution in [0.15, 0.2) is 18.2 Å². The van der Waals surface area contributed by atoms with Gasteiger partial charge in [-0.3, -0.25) is 0 Å². The third kappa shape index (κ3) is 1.23. The number of aromatic nitrogens is 1. The van der Waals surface area contributed by atoms with Crippen molar-refractivity contribution < 1.29 is 4.39 Å². The van der Waals surface area contributed by atoms with Crippen LogP contribution in [0.3, 0.4) is 0 Å². The van der Waals surface area contributed by atoms with Crippen LogP contribution in [0.4, 0.5) is 10.2 Å². The van der Waals surface area contributed by atoms with E-state index in [0.29, 0.717) is 0 Å². The van der Waals surface area contributed by atoms with Crippen LogP contribution in [0, 0.1) is 12.5 Å². The van der Waals surface area contributed by atoms with E-state index in [0.717, 1.165) is 0 Å². The first-order chi connectivity index (χ1) is 4.33. The highest BCUT2D eigenvalue weighted by atomic mass is 19.1. The highest BCUT2D eigenvalue weighted by molar-refractivity contribution is 5.33. The molecule has 0 N–H and O–H groups in total. The first-order valence-electron chi connectivity index (χ1n) is 2.33. The van der Waals surface area contributed by atoms with Gasteiger partial charge in [-0.15, -0.1) is 0 Å². The molecule has 0 bridgehead atoms. The summed E-state index contributed by atoms with van der Waals surface area (Å²) in [4.78, 5) is 6.20. The molecule has 0 atom stereocenters. The molecule has 3 heteroatoms. The summed E-state index contributed by atoms with van der Waals surface area (Å²) < 4.78 is 12.1. The van der Waals surface area contributed by atoms with Crippen molar-refractivity contribution in [2.24, 2.45) is 0 Å². The summed E-state index contributed by atoms with van der Waals surface area (Å²) in [6, 6.07) is 4.11. The van der Waals surface area contributed by atoms with Gasteiger partial charge in [0.25, 0.3) is 5.82 Å². The zero-order valence-corrected chi connectivity index (χ0v) is 4.50. The number of pyridine rings is 1. The van der Waals surface area contributed by atoms with E-state index in [-0.39, 0.29) is 5.82 Å². The molecule has 0 aliphatic heterocycles. The lowest BCUT2D eigenvalue weighted by Gasteiger charge is -1.82. The van der Waals surface area contributed by atoms with Gasteiger partial charge in [-0.1, -0.05) is 17.6 Å². The summed E-state index contributed by atoms with van der Waals surface area (Å²) in [6.07, 6.45) is 0. The standard InChI is InChI=1S/C6H3FN2/c1-8-6-4-2-3-5(7)9-6/h2-4H. The van der Waals surface area contributed by atoms with Crippen LogP contribution in [-0.2, 0) is 0 Å². The topological polar surface area (TPSA) is 17.2 Å². The molecule has 0 spiro atoms. The zero-order chi connectivity index (χ0) is 6.69. The van der Waals surface area contributed by atoms with Crippen LogP contribution in [0.1, 0.15) is 0 Å². The highest BCUT2D eigenvalue weighted by Gasteiger charge is 1.94. The van der Waals surface area contributed by atoms with Crippen molar-refractivity contribution in [3.8, 4) is 0 Å². The lowest BCUT2D eigenvalue weighted by molar-refractivity contribution is 0.586. The molecule has 2 nitrogen and oxygen atoms in total. The van der Waals surface area contributed by atoms with E-state index < -0.39 is 5.95 Å². The lowest BCUT2D eigenvalue weighted by Crippen LogP contribution is -1.76. The Kier molecular flexibility index (Phi) is 1.41. The monoisotopic (exact) mass is 122 g/mol. The maximum Gasteiger partial charge on any atom is 0.302 e. The summed E-state index contributed by atoms with van der Waals surface area (Å²) >= 11 is 0. The average Bonchev–Trinajstić information content (AvgIpc) is 1.88. The molecule has 0 amide bonds. The van der Waals surface area contributed by atoms with Gasteiger partial charge in [-0.2, -0.15) is 4.39 Å². The Morgan fingerprint density at radius 3 is 2.78 bits per heavy atom. The summed E-state index contributed by atoms with van der Waals surface area (Å²) in [5, 5.41) is 0. The van der Waals surface area contributed by atoms with E-state index >= 15 is 0 Å². The van der Waals surface area contributed by atoms with E-state index in [2.05, 4.69) is 9.83 Å². The summed E-state index contributed by atoms with van der Waals surface area (Å²) in [5.74, 6) is -0.515. The van der Waals surface area contributed by atoms with E-state index in [1.54, 1.807) is 0 Å². The molecule has 0 saturated carbocycles. The predicted molar refractivity (Wildman–Crippen MR) is 30.5 cm³/mol. The number of hydrogen-bond acceptors (Lipinski definition) is 1. The number of nitrogens with zero attached hydrogens (tertiary/aromatic N) is 2. The molecule has 1 rings (SSSR count). The molecule has 0 aliphatic rings. The molecule has 0 fully saturated rings. The molecule has 1 heterocycles. The maximum absolute atomic E-state index is 12.1. The third-order valence-electron chi connectivity index (χ3n) is 0.815. The molecule has 0 saturated heterocycles. The summed E-state index contributed by atoms with van der Waals surface area (Å²) in [5.41, 5.74) is 0. The van der Waals surface area contributed by atoms with Gasteiger partial charge in [0.2, 0.25) is 0 Å². The van der Waals surface area contributed by atoms with Crippen LogP contribution < -0.4 is 0 Å². The van der Waals surface area contributed by atoms with Crippen molar-refractivity contribution in [2.45, 2.75) is 0 Å². The van der Waals surface area contributed by atoms with Crippen LogP contribution >= 0.6 is 0 Å². The van der Waals surface area contributed by atoms with Crippen LogP contribution in [0.25, 0.3) is 4.85 Å². The Balaban J connectivity index is 3.12. The van der Waals surface area contributed by atoms with E-state index in [1.165, 1.54) is 18.2 Å². The van der Waals surface area contributed by atoms with Crippen molar-refractivity contribution in [3.63, 3.8) is 0 Å². The smallest absolute Gasteiger partial charge is 0.302 e. The number of rotatable bonds is 0. The minimum Gasteiger partial charge on any atom is -0.361 e. The molecule has 1 aromatic rings. The van der Waals surface area contributed by atoms with Gasteiger partial charge in [-0.05, 0) is 6.07 Å². The molecule has 44 valence electrons. The Bertz CT molecular complexity index is 251. The Hall–Kier alpha value is -1.43. The Labute approximate surface area is 51.8 Å². The number of halogens is 1. The van der Waals surface area contributed by atoms with Crippen molar-refractivity contribution in [2.75, 3.05) is 0 Å². The van der Waals surface area contributed by atoms with Gasteiger partial charge < -0.3 is 4.85 Å². The third-order valence-corrected chi connectivity index (χ3v) is 0.815. The van der Waals surface area contributed by atoms with E-state index in [4.69, 9.17) is 6.57 Å². The van der Waals surface area contributed by atoms with Crippen LogP contribution in [0.2, 0.25) is 0 Å². The quantitative estimate of drug-likeness (QED) is 0.378. The van der Waals surface area contributed by atoms with Crippen molar-refractivity contribution in [1.82, 2.24) is 4.98 Å². The normalized spacial score (nSPS) is 8.44. The minimum absolute atomic E-state index is 0.0926. The second-order valence-corrected chi connectivity index (χ2v) is 1.43. The first-order valence-corrected chi connectivity index (χ1v) is 2.33. The molecule has 9 heavy (non-hydrogen) atoms. The summed E-state index contributed by atoms with van der Waals surface area (Å²) in [7, 11) is 0. The number of hydrogen-bond donors (Lipinski definition) is 0. The van der Waals surface area contributed by atoms with Crippen molar-refractivity contribution in [1.29, 1.82) is 0 Å². The molecular formula is C6H3FN2. The average molecular weight is 122 g/mol. The largest absolute Gasteiger partial charge is 0.361 e. The maximum atomic E-state index is 12.1. The van der Waals surface area contributed by atoms with Gasteiger partial charge in [-0.25, -0.2) is 0 Å². The predicted octanol–water partition coefficient (Wildman–Crippen LogP) is 1.77. The van der Waals surface area contributed by atoms with E-state index in [9.17, 15) is 4.39 Å². The minimum atomic E-state index is -0.608. The van der Waals surface area contributed by atoms with Gasteiger partial charge in [0.1, 0.15) is 0 Å². The summed E-state index contributed by atoms with van der Waals surface area (Å²) in [6.45, 7) is 6.44. The zero-order valence-electron chi connectivity index (χ0n) is 4.50. The lowest BCUT2D eigenvalue weighted by atomic mass is 10.5. The van der Waals surface area contributed by atoms with Gasteiger partial charge >= 0.3 is 5.95 Å². The van der Waals surface area contributed by atoms with Gasteiger partial charge in [0.05, 0.1) is 0 Å². The SMILES string of the molecule is [C-]#[N+]c1cccc(F)n1. The fourth-order valence-corrected chi connectivity index (χ4v) is 0.460. The van der Waals surface area contributed by atoms with Crippen molar-refractivity contribution >= 4 is 5.82 Å². The van der Waals surface area contributed by atoms with E-state index in [1.807, 2.05) is 0 Å².